The fourth-order valence-electron chi connectivity index (χ4n) is 1.71. The minimum Gasteiger partial charge on any atom is -0.351 e. The lowest BCUT2D eigenvalue weighted by Crippen LogP contribution is -2.38. The maximum Gasteiger partial charge on any atom is 0.193 e. The van der Waals surface area contributed by atoms with Gasteiger partial charge < -0.3 is 10.2 Å². The molecule has 3 nitrogen and oxygen atoms in total. The highest BCUT2D eigenvalue weighted by molar-refractivity contribution is 7.11. The van der Waals surface area contributed by atoms with Crippen LogP contribution in [0.25, 0.3) is 0 Å². The van der Waals surface area contributed by atoms with E-state index < -0.39 is 0 Å². The van der Waals surface area contributed by atoms with E-state index in [2.05, 4.69) is 47.9 Å². The molecule has 0 aliphatic heterocycles. The fraction of sp³-hybridized carbons (Fsp3) is 0.500. The Kier molecular flexibility index (Phi) is 6.50. The first kappa shape index (κ1) is 14.8. The first-order valence-electron chi connectivity index (χ1n) is 6.25. The summed E-state index contributed by atoms with van der Waals surface area (Å²) in [5.74, 6) is 0.949. The highest BCUT2D eigenvalue weighted by atomic mass is 32.1. The molecule has 1 aromatic heterocycles. The molecule has 4 heteroatoms. The second kappa shape index (κ2) is 7.93. The normalized spacial score (nSPS) is 11.4. The molecule has 0 saturated heterocycles. The Balaban J connectivity index is 2.39. The van der Waals surface area contributed by atoms with Crippen LogP contribution in [0.5, 0.6) is 0 Å². The molecule has 0 unspecified atom stereocenters. The van der Waals surface area contributed by atoms with E-state index in [1.807, 2.05) is 24.5 Å². The number of guanidine groups is 1. The molecule has 0 bridgehead atoms. The van der Waals surface area contributed by atoms with E-state index in [1.54, 1.807) is 0 Å². The Bertz CT molecular complexity index is 395. The highest BCUT2D eigenvalue weighted by Crippen LogP contribution is 2.14. The number of rotatable bonds is 6. The maximum absolute atomic E-state index is 4.30. The van der Waals surface area contributed by atoms with Gasteiger partial charge in [-0.1, -0.05) is 6.08 Å². The molecule has 0 amide bonds. The maximum atomic E-state index is 4.30. The zero-order chi connectivity index (χ0) is 13.4. The minimum atomic E-state index is 0.844. The van der Waals surface area contributed by atoms with Crippen molar-refractivity contribution >= 4 is 17.3 Å². The van der Waals surface area contributed by atoms with Gasteiger partial charge >= 0.3 is 0 Å². The number of thiophene rings is 1. The average Bonchev–Trinajstić information content (AvgIpc) is 2.76. The van der Waals surface area contributed by atoms with Gasteiger partial charge in [-0.2, -0.15) is 0 Å². The Labute approximate surface area is 114 Å². The van der Waals surface area contributed by atoms with Crippen LogP contribution in [-0.4, -0.2) is 31.5 Å². The van der Waals surface area contributed by atoms with Gasteiger partial charge in [0.25, 0.3) is 0 Å². The standard InChI is InChI=1S/C14H23N3S/c1-5-6-7-10-17(4)14(15-3)16-11-13-9-8-12(2)18-13/h5,8-9H,1,6-7,10-11H2,2-4H3,(H,15,16). The van der Waals surface area contributed by atoms with Crippen molar-refractivity contribution in [3.05, 3.63) is 34.5 Å². The third-order valence-corrected chi connectivity index (χ3v) is 3.69. The quantitative estimate of drug-likeness (QED) is 0.370. The molecule has 0 aromatic carbocycles. The first-order valence-corrected chi connectivity index (χ1v) is 7.07. The van der Waals surface area contributed by atoms with E-state index in [0.717, 1.165) is 31.9 Å². The van der Waals surface area contributed by atoms with E-state index in [1.165, 1.54) is 9.75 Å². The lowest BCUT2D eigenvalue weighted by molar-refractivity contribution is 0.470. The molecular weight excluding hydrogens is 242 g/mol. The van der Waals surface area contributed by atoms with Crippen molar-refractivity contribution in [1.82, 2.24) is 10.2 Å². The van der Waals surface area contributed by atoms with Gasteiger partial charge in [-0.15, -0.1) is 17.9 Å². The Hall–Kier alpha value is -1.29. The van der Waals surface area contributed by atoms with Gasteiger partial charge in [0, 0.05) is 30.4 Å². The van der Waals surface area contributed by atoms with E-state index >= 15 is 0 Å². The molecule has 0 atom stereocenters. The predicted molar refractivity (Wildman–Crippen MR) is 81.3 cm³/mol. The van der Waals surface area contributed by atoms with Crippen LogP contribution in [0, 0.1) is 6.92 Å². The van der Waals surface area contributed by atoms with Crippen molar-refractivity contribution < 1.29 is 0 Å². The summed E-state index contributed by atoms with van der Waals surface area (Å²) in [6, 6.07) is 4.32. The molecule has 1 aromatic rings. The Morgan fingerprint density at radius 2 is 2.33 bits per heavy atom. The molecule has 0 spiro atoms. The van der Waals surface area contributed by atoms with Crippen LogP contribution in [0.1, 0.15) is 22.6 Å². The van der Waals surface area contributed by atoms with E-state index in [4.69, 9.17) is 0 Å². The number of aryl methyl sites for hydroxylation is 1. The molecule has 0 saturated carbocycles. The van der Waals surface area contributed by atoms with Crippen LogP contribution < -0.4 is 5.32 Å². The Morgan fingerprint density at radius 1 is 1.56 bits per heavy atom. The lowest BCUT2D eigenvalue weighted by atomic mass is 10.3. The highest BCUT2D eigenvalue weighted by Gasteiger charge is 2.05. The van der Waals surface area contributed by atoms with Crippen molar-refractivity contribution in [3.63, 3.8) is 0 Å². The summed E-state index contributed by atoms with van der Waals surface area (Å²) in [5, 5.41) is 3.39. The summed E-state index contributed by atoms with van der Waals surface area (Å²) in [4.78, 5) is 9.14. The van der Waals surface area contributed by atoms with Crippen LogP contribution >= 0.6 is 11.3 Å². The summed E-state index contributed by atoms with van der Waals surface area (Å²) in [5.41, 5.74) is 0. The van der Waals surface area contributed by atoms with Crippen molar-refractivity contribution in [3.8, 4) is 0 Å². The SMILES string of the molecule is C=CCCCN(C)C(=NC)NCc1ccc(C)s1. The zero-order valence-corrected chi connectivity index (χ0v) is 12.4. The molecule has 1 N–H and O–H groups in total. The molecule has 0 fully saturated rings. The predicted octanol–water partition coefficient (Wildman–Crippen LogP) is 3.03. The topological polar surface area (TPSA) is 27.6 Å². The van der Waals surface area contributed by atoms with Crippen LogP contribution in [-0.2, 0) is 6.54 Å². The monoisotopic (exact) mass is 265 g/mol. The third-order valence-electron chi connectivity index (χ3n) is 2.69. The smallest absolute Gasteiger partial charge is 0.193 e. The molecule has 0 radical (unpaired) electrons. The zero-order valence-electron chi connectivity index (χ0n) is 11.6. The van der Waals surface area contributed by atoms with Gasteiger partial charge in [-0.25, -0.2) is 0 Å². The molecular formula is C14H23N3S. The molecule has 0 aliphatic rings. The van der Waals surface area contributed by atoms with Gasteiger partial charge in [-0.3, -0.25) is 4.99 Å². The minimum absolute atomic E-state index is 0.844. The van der Waals surface area contributed by atoms with Crippen molar-refractivity contribution in [1.29, 1.82) is 0 Å². The fourth-order valence-corrected chi connectivity index (χ4v) is 2.54. The van der Waals surface area contributed by atoms with Gasteiger partial charge in [0.05, 0.1) is 6.54 Å². The number of hydrogen-bond acceptors (Lipinski definition) is 2. The molecule has 100 valence electrons. The average molecular weight is 265 g/mol. The number of aliphatic imine (C=N–C) groups is 1. The largest absolute Gasteiger partial charge is 0.351 e. The van der Waals surface area contributed by atoms with E-state index in [-0.39, 0.29) is 0 Å². The molecule has 1 heterocycles. The van der Waals surface area contributed by atoms with Crippen LogP contribution in [0.3, 0.4) is 0 Å². The third kappa shape index (κ3) is 4.92. The van der Waals surface area contributed by atoms with Gasteiger partial charge in [0.15, 0.2) is 5.96 Å². The van der Waals surface area contributed by atoms with Crippen LogP contribution in [0.2, 0.25) is 0 Å². The lowest BCUT2D eigenvalue weighted by Gasteiger charge is -2.21. The van der Waals surface area contributed by atoms with E-state index in [9.17, 15) is 0 Å². The number of allylic oxidation sites excluding steroid dienone is 1. The Morgan fingerprint density at radius 3 is 2.89 bits per heavy atom. The van der Waals surface area contributed by atoms with Crippen LogP contribution in [0.4, 0.5) is 0 Å². The summed E-state index contributed by atoms with van der Waals surface area (Å²) < 4.78 is 0. The summed E-state index contributed by atoms with van der Waals surface area (Å²) in [6.07, 6.45) is 4.11. The summed E-state index contributed by atoms with van der Waals surface area (Å²) >= 11 is 1.82. The number of hydrogen-bond donors (Lipinski definition) is 1. The molecule has 0 aliphatic carbocycles. The summed E-state index contributed by atoms with van der Waals surface area (Å²) in [7, 11) is 3.89. The summed E-state index contributed by atoms with van der Waals surface area (Å²) in [6.45, 7) is 7.71. The first-order chi connectivity index (χ1) is 8.67. The number of nitrogens with one attached hydrogen (secondary N) is 1. The van der Waals surface area contributed by atoms with Crippen molar-refractivity contribution in [2.24, 2.45) is 4.99 Å². The molecule has 1 rings (SSSR count). The van der Waals surface area contributed by atoms with Crippen LogP contribution in [0.15, 0.2) is 29.8 Å². The number of nitrogens with zero attached hydrogens (tertiary/aromatic N) is 2. The van der Waals surface area contributed by atoms with Crippen molar-refractivity contribution in [2.75, 3.05) is 20.6 Å². The van der Waals surface area contributed by atoms with Gasteiger partial charge in [0.1, 0.15) is 0 Å². The molecule has 18 heavy (non-hydrogen) atoms. The van der Waals surface area contributed by atoms with E-state index in [0.29, 0.717) is 0 Å². The number of unbranched alkanes of at least 4 members (excludes halogenated alkanes) is 1. The van der Waals surface area contributed by atoms with Crippen molar-refractivity contribution in [2.45, 2.75) is 26.3 Å². The van der Waals surface area contributed by atoms with Gasteiger partial charge in [-0.05, 0) is 31.9 Å². The second-order valence-electron chi connectivity index (χ2n) is 4.27. The van der Waals surface area contributed by atoms with Gasteiger partial charge in [0.2, 0.25) is 0 Å². The second-order valence-corrected chi connectivity index (χ2v) is 5.64.